The molecule has 4 aliphatic rings. The molecule has 3 saturated heterocycles. The minimum Gasteiger partial charge on any atom is -0.387 e. The number of amides is 1. The van der Waals surface area contributed by atoms with E-state index in [2.05, 4.69) is 18.3 Å². The van der Waals surface area contributed by atoms with Crippen LogP contribution < -0.4 is 5.32 Å². The number of hydrogen-bond acceptors (Lipinski definition) is 6. The Morgan fingerprint density at radius 1 is 1.18 bits per heavy atom. The normalized spacial score (nSPS) is 42.8. The van der Waals surface area contributed by atoms with Crippen molar-refractivity contribution < 1.29 is 28.9 Å². The predicted molar refractivity (Wildman–Crippen MR) is 128 cm³/mol. The summed E-state index contributed by atoms with van der Waals surface area (Å²) in [5.74, 6) is 0.115. The van der Waals surface area contributed by atoms with Crippen LogP contribution in [-0.4, -0.2) is 66.1 Å². The number of ether oxygens (including phenoxy) is 3. The lowest BCUT2D eigenvalue weighted by molar-refractivity contribution is -0.136. The highest BCUT2D eigenvalue weighted by Gasteiger charge is 2.55. The minimum atomic E-state index is -0.616. The number of aliphatic hydroxyl groups excluding tert-OH is 1. The van der Waals surface area contributed by atoms with Crippen molar-refractivity contribution in [2.24, 2.45) is 17.8 Å². The van der Waals surface area contributed by atoms with Gasteiger partial charge in [-0.2, -0.15) is 0 Å². The van der Waals surface area contributed by atoms with E-state index in [9.17, 15) is 14.7 Å². The molecule has 2 N–H and O–H groups in total. The Labute approximate surface area is 203 Å². The van der Waals surface area contributed by atoms with Crippen LogP contribution in [0.5, 0.6) is 0 Å². The Hall–Kier alpha value is -1.54. The molecule has 1 amide bonds. The molecule has 0 aromatic heterocycles. The monoisotopic (exact) mass is 475 g/mol. The predicted octanol–water partition coefficient (Wildman–Crippen LogP) is 3.10. The van der Waals surface area contributed by atoms with Crippen LogP contribution in [0.15, 0.2) is 23.8 Å². The van der Waals surface area contributed by atoms with E-state index in [1.54, 1.807) is 6.92 Å². The van der Waals surface area contributed by atoms with Crippen molar-refractivity contribution in [3.05, 3.63) is 23.8 Å². The first kappa shape index (κ1) is 25.5. The fourth-order valence-electron chi connectivity index (χ4n) is 5.85. The van der Waals surface area contributed by atoms with Crippen molar-refractivity contribution in [3.63, 3.8) is 0 Å². The molecule has 9 atom stereocenters. The van der Waals surface area contributed by atoms with Gasteiger partial charge in [-0.05, 0) is 52.4 Å². The summed E-state index contributed by atoms with van der Waals surface area (Å²) in [5.41, 5.74) is 0.714. The number of hydrogen-bond donors (Lipinski definition) is 2. The van der Waals surface area contributed by atoms with Gasteiger partial charge in [0.15, 0.2) is 0 Å². The number of carbonyl (C=O) groups excluding carboxylic acids is 2. The number of epoxide rings is 1. The summed E-state index contributed by atoms with van der Waals surface area (Å²) in [6.07, 6.45) is 10.1. The second-order valence-corrected chi connectivity index (χ2v) is 10.9. The Kier molecular flexibility index (Phi) is 7.97. The molecular formula is C27H41NO6. The molecule has 4 fully saturated rings. The molecule has 7 nitrogen and oxygen atoms in total. The standard InChI is InChI=1S/C27H41NO6/c1-16(9-11-24-25(30)27(15-33-27)12-13-32-24)8-10-23-17(2)14-22(19(4)34-23)28-26(31)21-7-5-6-20(21)18(3)29/h8-9,11,17,19-25,30H,5-7,10,12-15H2,1-4H3,(H,28,31)/b11-9+,16-8+/t17-,19+,20?,21?,22+,23-,24?,25+,27+/m0/s1. The Balaban J connectivity index is 1.26. The molecule has 0 aromatic rings. The molecule has 1 saturated carbocycles. The maximum absolute atomic E-state index is 12.9. The van der Waals surface area contributed by atoms with Crippen molar-refractivity contribution in [1.29, 1.82) is 0 Å². The maximum atomic E-state index is 12.9. The van der Waals surface area contributed by atoms with Gasteiger partial charge in [-0.25, -0.2) is 0 Å². The highest BCUT2D eigenvalue weighted by Crippen LogP contribution is 2.40. The average molecular weight is 476 g/mol. The van der Waals surface area contributed by atoms with E-state index >= 15 is 0 Å². The molecule has 34 heavy (non-hydrogen) atoms. The largest absolute Gasteiger partial charge is 0.387 e. The number of rotatable bonds is 7. The number of aliphatic hydroxyl groups is 1. The molecule has 0 aromatic carbocycles. The van der Waals surface area contributed by atoms with Gasteiger partial charge in [0.25, 0.3) is 0 Å². The summed E-state index contributed by atoms with van der Waals surface area (Å²) in [6.45, 7) is 9.06. The number of nitrogens with one attached hydrogen (secondary N) is 1. The Morgan fingerprint density at radius 2 is 1.91 bits per heavy atom. The summed E-state index contributed by atoms with van der Waals surface area (Å²) >= 11 is 0. The summed E-state index contributed by atoms with van der Waals surface area (Å²) in [4.78, 5) is 24.8. The van der Waals surface area contributed by atoms with Crippen molar-refractivity contribution >= 4 is 11.7 Å². The van der Waals surface area contributed by atoms with Gasteiger partial charge in [0.05, 0.1) is 31.5 Å². The van der Waals surface area contributed by atoms with Gasteiger partial charge in [0.2, 0.25) is 5.91 Å². The molecule has 4 rings (SSSR count). The number of Topliss-reactive ketones (excluding diaryl/α,β-unsaturated/α-hetero) is 1. The maximum Gasteiger partial charge on any atom is 0.224 e. The van der Waals surface area contributed by atoms with Gasteiger partial charge in [-0.1, -0.05) is 37.1 Å². The first-order valence-corrected chi connectivity index (χ1v) is 12.9. The van der Waals surface area contributed by atoms with Crippen LogP contribution in [0, 0.1) is 17.8 Å². The number of allylic oxidation sites excluding steroid dienone is 2. The van der Waals surface area contributed by atoms with Crippen molar-refractivity contribution in [3.8, 4) is 0 Å². The smallest absolute Gasteiger partial charge is 0.224 e. The molecule has 1 aliphatic carbocycles. The first-order chi connectivity index (χ1) is 16.2. The molecule has 0 bridgehead atoms. The summed E-state index contributed by atoms with van der Waals surface area (Å²) in [7, 11) is 0. The van der Waals surface area contributed by atoms with Crippen LogP contribution in [0.2, 0.25) is 0 Å². The lowest BCUT2D eigenvalue weighted by Crippen LogP contribution is -2.52. The molecule has 1 spiro atoms. The third-order valence-electron chi connectivity index (χ3n) is 8.34. The van der Waals surface area contributed by atoms with E-state index in [0.717, 1.165) is 44.1 Å². The molecule has 190 valence electrons. The van der Waals surface area contributed by atoms with E-state index in [1.807, 2.05) is 26.0 Å². The zero-order valence-corrected chi connectivity index (χ0v) is 21.0. The van der Waals surface area contributed by atoms with Gasteiger partial charge >= 0.3 is 0 Å². The fraction of sp³-hybridized carbons (Fsp3) is 0.778. The van der Waals surface area contributed by atoms with Gasteiger partial charge in [0, 0.05) is 18.3 Å². The first-order valence-electron chi connectivity index (χ1n) is 12.9. The minimum absolute atomic E-state index is 0.00942. The third kappa shape index (κ3) is 5.64. The van der Waals surface area contributed by atoms with Gasteiger partial charge in [-0.3, -0.25) is 9.59 Å². The molecule has 0 radical (unpaired) electrons. The van der Waals surface area contributed by atoms with E-state index < -0.39 is 6.10 Å². The van der Waals surface area contributed by atoms with Gasteiger partial charge in [0.1, 0.15) is 23.6 Å². The third-order valence-corrected chi connectivity index (χ3v) is 8.34. The van der Waals surface area contributed by atoms with Crippen LogP contribution in [0.25, 0.3) is 0 Å². The Bertz CT molecular complexity index is 818. The van der Waals surface area contributed by atoms with Crippen molar-refractivity contribution in [1.82, 2.24) is 5.32 Å². The number of carbonyl (C=O) groups is 2. The molecule has 3 unspecified atom stereocenters. The highest BCUT2D eigenvalue weighted by molar-refractivity contribution is 5.88. The van der Waals surface area contributed by atoms with E-state index in [1.165, 1.54) is 0 Å². The van der Waals surface area contributed by atoms with Crippen LogP contribution in [0.3, 0.4) is 0 Å². The van der Waals surface area contributed by atoms with Crippen molar-refractivity contribution in [2.45, 2.75) is 102 Å². The summed E-state index contributed by atoms with van der Waals surface area (Å²) in [5, 5.41) is 13.7. The zero-order chi connectivity index (χ0) is 24.5. The van der Waals surface area contributed by atoms with Crippen molar-refractivity contribution in [2.75, 3.05) is 13.2 Å². The molecule has 7 heteroatoms. The Morgan fingerprint density at radius 3 is 2.62 bits per heavy atom. The summed E-state index contributed by atoms with van der Waals surface area (Å²) in [6, 6.07) is -0.0289. The second-order valence-electron chi connectivity index (χ2n) is 10.9. The van der Waals surface area contributed by atoms with Crippen LogP contribution in [0.1, 0.15) is 66.2 Å². The van der Waals surface area contributed by atoms with E-state index in [4.69, 9.17) is 14.2 Å². The van der Waals surface area contributed by atoms with Crippen LogP contribution >= 0.6 is 0 Å². The number of ketones is 1. The summed E-state index contributed by atoms with van der Waals surface area (Å²) < 4.78 is 17.5. The van der Waals surface area contributed by atoms with Gasteiger partial charge < -0.3 is 24.6 Å². The van der Waals surface area contributed by atoms with Gasteiger partial charge in [-0.15, -0.1) is 0 Å². The molecular weight excluding hydrogens is 434 g/mol. The zero-order valence-electron chi connectivity index (χ0n) is 21.0. The lowest BCUT2D eigenvalue weighted by atomic mass is 9.86. The quantitative estimate of drug-likeness (QED) is 0.434. The molecule has 3 aliphatic heterocycles. The molecule has 3 heterocycles. The van der Waals surface area contributed by atoms with Crippen LogP contribution in [-0.2, 0) is 23.8 Å². The SMILES string of the molecule is CC(=O)C1CCCC1C(=O)N[C@@H]1C[C@H](C)[C@H](C/C=C(C)/C=C/C2OCC[C@@]3(CO3)[C@@H]2O)O[C@@H]1C. The average Bonchev–Trinajstić information content (AvgIpc) is 3.38. The lowest BCUT2D eigenvalue weighted by Gasteiger charge is -2.39. The highest BCUT2D eigenvalue weighted by atomic mass is 16.6. The fourth-order valence-corrected chi connectivity index (χ4v) is 5.85. The van der Waals surface area contributed by atoms with E-state index in [-0.39, 0.29) is 53.5 Å². The van der Waals surface area contributed by atoms with Crippen LogP contribution in [0.4, 0.5) is 0 Å². The second kappa shape index (κ2) is 10.6. The topological polar surface area (TPSA) is 97.4 Å². The van der Waals surface area contributed by atoms with E-state index in [0.29, 0.717) is 19.1 Å².